The molecule has 15 heteroatoms. The summed E-state index contributed by atoms with van der Waals surface area (Å²) in [5.41, 5.74) is 5.33. The number of phosphoric ester groups is 1. The average molecular weight is 906 g/mol. The Morgan fingerprint density at radius 1 is 0.762 bits per heavy atom. The second-order valence-corrected chi connectivity index (χ2v) is 17.0. The molecule has 1 unspecified atom stereocenters. The van der Waals surface area contributed by atoms with E-state index in [4.69, 9.17) is 24.8 Å². The number of carboxylic acids is 1. The number of aliphatic hydroxyl groups is 2. The van der Waals surface area contributed by atoms with Gasteiger partial charge in [0.25, 0.3) is 0 Å². The fourth-order valence-electron chi connectivity index (χ4n) is 6.46. The van der Waals surface area contributed by atoms with Gasteiger partial charge in [0, 0.05) is 31.1 Å². The Morgan fingerprint density at radius 2 is 1.33 bits per heavy atom. The summed E-state index contributed by atoms with van der Waals surface area (Å²) < 4.78 is 32.6. The van der Waals surface area contributed by atoms with Crippen LogP contribution in [0.25, 0.3) is 0 Å². The Bertz CT molecular complexity index is 1550. The smallest absolute Gasteiger partial charge is 0.472 e. The highest BCUT2D eigenvalue weighted by molar-refractivity contribution is 7.47. The van der Waals surface area contributed by atoms with E-state index in [1.807, 2.05) is 18.2 Å². The molecule has 1 aliphatic rings. The maximum Gasteiger partial charge on any atom is 0.472 e. The molecule has 1 rings (SSSR count). The molecule has 1 fully saturated rings. The minimum absolute atomic E-state index is 0.00373. The Labute approximate surface area is 375 Å². The standard InChI is InChI=1S/C48H76NO13P/c1-3-5-7-8-9-10-11-12-13-14-15-16-17-18-19-20-21-22-27-31-46(53)59-36-40(37-60-63(57,58)61-38-43(49)48(55)56)62-47(54)32-28-24-23-26-30-41-42(45(52)35-44(41)51)34-33-39(50)29-25-6-4-2/h5,7,9-10,12-13,15-16,18-19,21-22,33-34,39-43,45,50,52H,3-4,6,8,11,14,17,20,23-32,35-38,49H2,1-2H3,(H,55,56)(H,57,58)/b7-5-,10-9-,13-12-,16-15-,19-18-,22-21-,34-33+/t39-,40+,41+,42+,43-,45+/m0/s1. The third-order valence-electron chi connectivity index (χ3n) is 10.0. The molecular formula is C48H76NO13P. The lowest BCUT2D eigenvalue weighted by Gasteiger charge is -2.20. The summed E-state index contributed by atoms with van der Waals surface area (Å²) in [6, 6.07) is -1.58. The number of hydrogen-bond donors (Lipinski definition) is 5. The molecule has 1 saturated carbocycles. The first-order chi connectivity index (χ1) is 30.3. The predicted molar refractivity (Wildman–Crippen MR) is 245 cm³/mol. The SMILES string of the molecule is CC/C=C\C/C=C\C/C=C\C/C=C\C/C=C\C/C=C\CCC(=O)OC[C@H](COP(=O)(O)OC[C@H](N)C(=O)O)OC(=O)CCCCCC[C@H]1C(=O)C[C@@H](O)[C@@H]1/C=C/[C@@H](O)CCCCC. The van der Waals surface area contributed by atoms with E-state index in [0.29, 0.717) is 51.4 Å². The Morgan fingerprint density at radius 3 is 1.92 bits per heavy atom. The van der Waals surface area contributed by atoms with Gasteiger partial charge in [-0.1, -0.05) is 137 Å². The third-order valence-corrected chi connectivity index (χ3v) is 11.0. The van der Waals surface area contributed by atoms with E-state index in [9.17, 15) is 38.8 Å². The quantitative estimate of drug-likeness (QED) is 0.0170. The van der Waals surface area contributed by atoms with Crippen LogP contribution in [0.4, 0.5) is 0 Å². The summed E-state index contributed by atoms with van der Waals surface area (Å²) in [7, 11) is -4.81. The zero-order chi connectivity index (χ0) is 46.6. The monoisotopic (exact) mass is 906 g/mol. The third kappa shape index (κ3) is 30.9. The molecule has 0 saturated heterocycles. The van der Waals surface area contributed by atoms with E-state index < -0.39 is 69.9 Å². The van der Waals surface area contributed by atoms with E-state index in [2.05, 4.69) is 73.1 Å². The van der Waals surface area contributed by atoms with Crippen molar-refractivity contribution < 1.29 is 62.5 Å². The summed E-state index contributed by atoms with van der Waals surface area (Å²) >= 11 is 0. The van der Waals surface area contributed by atoms with Crippen LogP contribution in [0.5, 0.6) is 0 Å². The number of allylic oxidation sites excluding steroid dienone is 12. The van der Waals surface area contributed by atoms with Gasteiger partial charge in [0.1, 0.15) is 18.4 Å². The number of carboxylic acid groups (broad SMARTS) is 1. The topological polar surface area (TPSA) is 229 Å². The summed E-state index contributed by atoms with van der Waals surface area (Å²) in [6.45, 7) is 2.25. The molecule has 63 heavy (non-hydrogen) atoms. The van der Waals surface area contributed by atoms with E-state index >= 15 is 0 Å². The average Bonchev–Trinajstić information content (AvgIpc) is 3.52. The number of aliphatic carboxylic acids is 1. The lowest BCUT2D eigenvalue weighted by Crippen LogP contribution is -2.34. The number of rotatable bonds is 37. The van der Waals surface area contributed by atoms with Crippen LogP contribution >= 0.6 is 7.82 Å². The minimum Gasteiger partial charge on any atom is -0.480 e. The number of hydrogen-bond acceptors (Lipinski definition) is 12. The first kappa shape index (κ1) is 57.3. The molecule has 0 aliphatic heterocycles. The first-order valence-corrected chi connectivity index (χ1v) is 24.2. The van der Waals surface area contributed by atoms with Crippen LogP contribution in [0.3, 0.4) is 0 Å². The maximum atomic E-state index is 12.8. The maximum absolute atomic E-state index is 12.8. The van der Waals surface area contributed by atoms with E-state index in [0.717, 1.165) is 51.4 Å². The van der Waals surface area contributed by atoms with E-state index in [1.165, 1.54) is 0 Å². The van der Waals surface area contributed by atoms with E-state index in [-0.39, 0.29) is 36.9 Å². The summed E-state index contributed by atoms with van der Waals surface area (Å²) in [5.74, 6) is -3.35. The largest absolute Gasteiger partial charge is 0.480 e. The summed E-state index contributed by atoms with van der Waals surface area (Å²) in [6.07, 6.45) is 38.5. The van der Waals surface area contributed by atoms with Gasteiger partial charge < -0.3 is 35.4 Å². The van der Waals surface area contributed by atoms with Gasteiger partial charge in [0.2, 0.25) is 0 Å². The summed E-state index contributed by atoms with van der Waals surface area (Å²) in [5, 5.41) is 29.7. The molecule has 0 spiro atoms. The highest BCUT2D eigenvalue weighted by Gasteiger charge is 2.39. The highest BCUT2D eigenvalue weighted by Crippen LogP contribution is 2.43. The zero-order valence-electron chi connectivity index (χ0n) is 37.6. The molecule has 7 atom stereocenters. The number of unbranched alkanes of at least 4 members (excludes halogenated alkanes) is 5. The van der Waals surface area contributed by atoms with Crippen LogP contribution in [0.2, 0.25) is 0 Å². The molecule has 0 radical (unpaired) electrons. The zero-order valence-corrected chi connectivity index (χ0v) is 38.5. The first-order valence-electron chi connectivity index (χ1n) is 22.7. The molecule has 6 N–H and O–H groups in total. The van der Waals surface area contributed by atoms with Crippen LogP contribution in [0.15, 0.2) is 85.1 Å². The normalized spacial score (nSPS) is 19.7. The van der Waals surface area contributed by atoms with Crippen molar-refractivity contribution in [1.82, 2.24) is 0 Å². The number of ether oxygens (including phenoxy) is 2. The fraction of sp³-hybridized carbons (Fsp3) is 0.625. The van der Waals surface area contributed by atoms with Crippen molar-refractivity contribution in [3.8, 4) is 0 Å². The second-order valence-electron chi connectivity index (χ2n) is 15.6. The van der Waals surface area contributed by atoms with Crippen molar-refractivity contribution in [2.45, 2.75) is 160 Å². The number of aliphatic hydroxyl groups excluding tert-OH is 2. The van der Waals surface area contributed by atoms with Gasteiger partial charge in [-0.3, -0.25) is 28.2 Å². The van der Waals surface area contributed by atoms with Crippen LogP contribution < -0.4 is 5.73 Å². The highest BCUT2D eigenvalue weighted by atomic mass is 31.2. The van der Waals surface area contributed by atoms with Gasteiger partial charge in [0.15, 0.2) is 6.10 Å². The molecule has 0 aromatic heterocycles. The Kier molecular flexibility index (Phi) is 33.2. The number of nitrogens with two attached hydrogens (primary N) is 1. The molecule has 0 aromatic rings. The van der Waals surface area contributed by atoms with Crippen LogP contribution in [0, 0.1) is 11.8 Å². The van der Waals surface area contributed by atoms with Gasteiger partial charge in [-0.2, -0.15) is 0 Å². The number of carbonyl (C=O) groups excluding carboxylic acids is 3. The number of ketones is 1. The van der Waals surface area contributed by atoms with Crippen molar-refractivity contribution in [3.05, 3.63) is 85.1 Å². The number of esters is 2. The van der Waals surface area contributed by atoms with Crippen molar-refractivity contribution in [1.29, 1.82) is 0 Å². The lowest BCUT2D eigenvalue weighted by molar-refractivity contribution is -0.161. The van der Waals surface area contributed by atoms with Crippen molar-refractivity contribution in [3.63, 3.8) is 0 Å². The molecule has 0 amide bonds. The van der Waals surface area contributed by atoms with Crippen LogP contribution in [-0.2, 0) is 42.3 Å². The molecule has 0 bridgehead atoms. The van der Waals surface area contributed by atoms with Gasteiger partial charge in [-0.15, -0.1) is 0 Å². The molecule has 1 aliphatic carbocycles. The Balaban J connectivity index is 2.52. The van der Waals surface area contributed by atoms with Crippen molar-refractivity contribution in [2.24, 2.45) is 17.6 Å². The predicted octanol–water partition coefficient (Wildman–Crippen LogP) is 8.87. The molecular weight excluding hydrogens is 829 g/mol. The van der Waals surface area contributed by atoms with E-state index in [1.54, 1.807) is 12.2 Å². The molecule has 0 heterocycles. The van der Waals surface area contributed by atoms with Gasteiger partial charge >= 0.3 is 25.7 Å². The van der Waals surface area contributed by atoms with Crippen molar-refractivity contribution in [2.75, 3.05) is 19.8 Å². The van der Waals surface area contributed by atoms with Gasteiger partial charge in [-0.05, 0) is 64.2 Å². The van der Waals surface area contributed by atoms with Gasteiger partial charge in [-0.25, -0.2) is 4.57 Å². The Hall–Kier alpha value is -3.75. The minimum atomic E-state index is -4.81. The van der Waals surface area contributed by atoms with Crippen LogP contribution in [-0.4, -0.2) is 88.1 Å². The molecule has 14 nitrogen and oxygen atoms in total. The fourth-order valence-corrected chi connectivity index (χ4v) is 7.23. The second kappa shape index (κ2) is 36.6. The van der Waals surface area contributed by atoms with Gasteiger partial charge in [0.05, 0.1) is 25.4 Å². The number of Topliss-reactive ketones (excluding diaryl/α,β-unsaturated/α-hetero) is 1. The molecule has 0 aromatic carbocycles. The molecule has 356 valence electrons. The lowest BCUT2D eigenvalue weighted by atomic mass is 9.88. The number of phosphoric acid groups is 1. The van der Waals surface area contributed by atoms with Crippen LogP contribution in [0.1, 0.15) is 136 Å². The van der Waals surface area contributed by atoms with Crippen molar-refractivity contribution >= 4 is 31.5 Å². The number of carbonyl (C=O) groups is 4. The summed E-state index contributed by atoms with van der Waals surface area (Å²) in [4.78, 5) is 58.8.